The summed E-state index contributed by atoms with van der Waals surface area (Å²) in [6, 6.07) is 7.70. The number of piperidine rings is 1. The van der Waals surface area contributed by atoms with E-state index in [1.807, 2.05) is 0 Å². The lowest BCUT2D eigenvalue weighted by Gasteiger charge is -2.28. The first-order valence-electron chi connectivity index (χ1n) is 6.31. The summed E-state index contributed by atoms with van der Waals surface area (Å²) in [7, 11) is 0. The molecule has 0 radical (unpaired) electrons. The molecule has 3 rings (SSSR count). The Morgan fingerprint density at radius 2 is 1.71 bits per heavy atom. The molecule has 2 heterocycles. The topological polar surface area (TPSA) is 49.3 Å². The summed E-state index contributed by atoms with van der Waals surface area (Å²) in [5.74, 6) is 0.619. The van der Waals surface area contributed by atoms with Crippen molar-refractivity contribution in [1.82, 2.24) is 5.32 Å². The average molecular weight is 231 g/mol. The predicted octanol–water partition coefficient (Wildman–Crippen LogP) is 2.11. The Morgan fingerprint density at radius 1 is 1.12 bits per heavy atom. The largest absolute Gasteiger partial charge is 0.508 e. The SMILES string of the molecule is O=C(c1ccc(O)cc1)C1CC2CCC(C1)N2. The lowest BCUT2D eigenvalue weighted by atomic mass is 9.86. The Morgan fingerprint density at radius 3 is 2.29 bits per heavy atom. The molecular formula is C14H17NO2. The van der Waals surface area contributed by atoms with E-state index in [0.717, 1.165) is 18.4 Å². The van der Waals surface area contributed by atoms with Gasteiger partial charge in [-0.1, -0.05) is 0 Å². The van der Waals surface area contributed by atoms with Gasteiger partial charge in [-0.05, 0) is 49.9 Å². The Balaban J connectivity index is 1.76. The lowest BCUT2D eigenvalue weighted by molar-refractivity contribution is 0.0875. The number of phenols is 1. The van der Waals surface area contributed by atoms with E-state index < -0.39 is 0 Å². The number of benzene rings is 1. The summed E-state index contributed by atoms with van der Waals surface area (Å²) in [4.78, 5) is 12.3. The fourth-order valence-corrected chi connectivity index (χ4v) is 3.13. The summed E-state index contributed by atoms with van der Waals surface area (Å²) < 4.78 is 0. The van der Waals surface area contributed by atoms with Crippen LogP contribution in [0.2, 0.25) is 0 Å². The van der Waals surface area contributed by atoms with E-state index in [1.165, 1.54) is 12.8 Å². The van der Waals surface area contributed by atoms with Crippen molar-refractivity contribution in [3.63, 3.8) is 0 Å². The van der Waals surface area contributed by atoms with Gasteiger partial charge in [-0.3, -0.25) is 4.79 Å². The zero-order valence-corrected chi connectivity index (χ0v) is 9.73. The number of aromatic hydroxyl groups is 1. The first-order chi connectivity index (χ1) is 8.22. The molecule has 0 amide bonds. The van der Waals surface area contributed by atoms with Crippen LogP contribution in [-0.4, -0.2) is 23.0 Å². The zero-order chi connectivity index (χ0) is 11.8. The molecule has 2 aliphatic heterocycles. The van der Waals surface area contributed by atoms with Gasteiger partial charge in [0.25, 0.3) is 0 Å². The maximum atomic E-state index is 12.3. The second-order valence-electron chi connectivity index (χ2n) is 5.22. The van der Waals surface area contributed by atoms with Crippen LogP contribution in [0.3, 0.4) is 0 Å². The highest BCUT2D eigenvalue weighted by atomic mass is 16.3. The van der Waals surface area contributed by atoms with Crippen molar-refractivity contribution >= 4 is 5.78 Å². The highest BCUT2D eigenvalue weighted by molar-refractivity contribution is 5.98. The quantitative estimate of drug-likeness (QED) is 0.766. The van der Waals surface area contributed by atoms with Crippen LogP contribution in [0.5, 0.6) is 5.75 Å². The van der Waals surface area contributed by atoms with E-state index in [2.05, 4.69) is 5.32 Å². The Kier molecular flexibility index (Phi) is 2.63. The van der Waals surface area contributed by atoms with E-state index in [4.69, 9.17) is 0 Å². The van der Waals surface area contributed by atoms with Gasteiger partial charge >= 0.3 is 0 Å². The van der Waals surface area contributed by atoms with E-state index in [0.29, 0.717) is 12.1 Å². The minimum Gasteiger partial charge on any atom is -0.508 e. The number of ketones is 1. The molecule has 1 aromatic carbocycles. The fourth-order valence-electron chi connectivity index (χ4n) is 3.13. The first-order valence-corrected chi connectivity index (χ1v) is 6.31. The van der Waals surface area contributed by atoms with Gasteiger partial charge in [-0.25, -0.2) is 0 Å². The van der Waals surface area contributed by atoms with E-state index in [9.17, 15) is 9.90 Å². The van der Waals surface area contributed by atoms with Crippen molar-refractivity contribution in [2.75, 3.05) is 0 Å². The Hall–Kier alpha value is -1.35. The third kappa shape index (κ3) is 2.07. The average Bonchev–Trinajstić information content (AvgIpc) is 2.68. The molecule has 2 aliphatic rings. The number of nitrogens with one attached hydrogen (secondary N) is 1. The maximum Gasteiger partial charge on any atom is 0.166 e. The van der Waals surface area contributed by atoms with Gasteiger partial charge < -0.3 is 10.4 Å². The molecule has 3 nitrogen and oxygen atoms in total. The molecule has 1 aromatic rings. The highest BCUT2D eigenvalue weighted by Crippen LogP contribution is 2.32. The number of carbonyl (C=O) groups is 1. The number of carbonyl (C=O) groups excluding carboxylic acids is 1. The van der Waals surface area contributed by atoms with Crippen LogP contribution >= 0.6 is 0 Å². The summed E-state index contributed by atoms with van der Waals surface area (Å²) in [6.07, 6.45) is 4.36. The summed E-state index contributed by atoms with van der Waals surface area (Å²) in [5, 5.41) is 12.8. The molecule has 2 N–H and O–H groups in total. The second-order valence-corrected chi connectivity index (χ2v) is 5.22. The molecule has 0 aliphatic carbocycles. The molecule has 0 aromatic heterocycles. The minimum absolute atomic E-state index is 0.165. The molecule has 90 valence electrons. The third-order valence-electron chi connectivity index (χ3n) is 4.00. The first kappa shape index (κ1) is 10.8. The third-order valence-corrected chi connectivity index (χ3v) is 4.00. The van der Waals surface area contributed by atoms with Crippen LogP contribution in [0.25, 0.3) is 0 Å². The smallest absolute Gasteiger partial charge is 0.166 e. The molecule has 2 atom stereocenters. The Labute approximate surface area is 101 Å². The number of hydrogen-bond acceptors (Lipinski definition) is 3. The van der Waals surface area contributed by atoms with Gasteiger partial charge in [0.15, 0.2) is 5.78 Å². The van der Waals surface area contributed by atoms with Crippen LogP contribution in [0.15, 0.2) is 24.3 Å². The van der Waals surface area contributed by atoms with Crippen LogP contribution in [0, 0.1) is 5.92 Å². The molecule has 0 spiro atoms. The number of fused-ring (bicyclic) bond motifs is 2. The second kappa shape index (κ2) is 4.15. The number of rotatable bonds is 2. The molecule has 2 fully saturated rings. The predicted molar refractivity (Wildman–Crippen MR) is 65.1 cm³/mol. The maximum absolute atomic E-state index is 12.3. The molecule has 3 heteroatoms. The van der Waals surface area contributed by atoms with Crippen molar-refractivity contribution < 1.29 is 9.90 Å². The number of Topliss-reactive ketones (excluding diaryl/α,β-unsaturated/α-hetero) is 1. The molecule has 2 unspecified atom stereocenters. The van der Waals surface area contributed by atoms with Crippen molar-refractivity contribution in [1.29, 1.82) is 0 Å². The fraction of sp³-hybridized carbons (Fsp3) is 0.500. The summed E-state index contributed by atoms with van der Waals surface area (Å²) in [5.41, 5.74) is 0.731. The zero-order valence-electron chi connectivity index (χ0n) is 9.73. The van der Waals surface area contributed by atoms with Gasteiger partial charge in [0.2, 0.25) is 0 Å². The standard InChI is InChI=1S/C14H17NO2/c16-13-5-1-9(2-6-13)14(17)10-7-11-3-4-12(8-10)15-11/h1-2,5-6,10-12,15-16H,3-4,7-8H2. The highest BCUT2D eigenvalue weighted by Gasteiger charge is 2.36. The number of hydrogen-bond donors (Lipinski definition) is 2. The van der Waals surface area contributed by atoms with Crippen molar-refractivity contribution in [2.45, 2.75) is 37.8 Å². The molecule has 0 saturated carbocycles. The van der Waals surface area contributed by atoms with Crippen LogP contribution in [0.4, 0.5) is 0 Å². The van der Waals surface area contributed by atoms with Gasteiger partial charge in [0.1, 0.15) is 5.75 Å². The monoisotopic (exact) mass is 231 g/mol. The van der Waals surface area contributed by atoms with E-state index in [-0.39, 0.29) is 17.5 Å². The van der Waals surface area contributed by atoms with Crippen LogP contribution < -0.4 is 5.32 Å². The van der Waals surface area contributed by atoms with Crippen molar-refractivity contribution in [3.05, 3.63) is 29.8 Å². The van der Waals surface area contributed by atoms with Crippen LogP contribution in [0.1, 0.15) is 36.0 Å². The number of phenolic OH excluding ortho intramolecular Hbond substituents is 1. The normalized spacial score (nSPS) is 31.4. The summed E-state index contributed by atoms with van der Waals surface area (Å²) >= 11 is 0. The van der Waals surface area contributed by atoms with Crippen LogP contribution in [-0.2, 0) is 0 Å². The Bertz CT molecular complexity index is 414. The van der Waals surface area contributed by atoms with Gasteiger partial charge in [0.05, 0.1) is 0 Å². The molecule has 2 bridgehead atoms. The molecule has 2 saturated heterocycles. The van der Waals surface area contributed by atoms with E-state index in [1.54, 1.807) is 24.3 Å². The minimum atomic E-state index is 0.165. The van der Waals surface area contributed by atoms with Gasteiger partial charge in [-0.15, -0.1) is 0 Å². The molecular weight excluding hydrogens is 214 g/mol. The lowest BCUT2D eigenvalue weighted by Crippen LogP contribution is -2.40. The van der Waals surface area contributed by atoms with Crippen molar-refractivity contribution in [2.24, 2.45) is 5.92 Å². The van der Waals surface area contributed by atoms with Gasteiger partial charge in [0, 0.05) is 23.6 Å². The van der Waals surface area contributed by atoms with Crippen molar-refractivity contribution in [3.8, 4) is 5.75 Å². The van der Waals surface area contributed by atoms with E-state index >= 15 is 0 Å². The molecule has 17 heavy (non-hydrogen) atoms. The van der Waals surface area contributed by atoms with Gasteiger partial charge in [-0.2, -0.15) is 0 Å². The summed E-state index contributed by atoms with van der Waals surface area (Å²) in [6.45, 7) is 0.